The highest BCUT2D eigenvalue weighted by Gasteiger charge is 2.06. The Hall–Kier alpha value is -2.01. The molecule has 0 radical (unpaired) electrons. The van der Waals surface area contributed by atoms with Gasteiger partial charge in [0.05, 0.1) is 32.9 Å². The Morgan fingerprint density at radius 1 is 1.33 bits per heavy atom. The summed E-state index contributed by atoms with van der Waals surface area (Å²) in [7, 11) is 4.11. The van der Waals surface area contributed by atoms with E-state index in [2.05, 4.69) is 29.7 Å². The van der Waals surface area contributed by atoms with Crippen LogP contribution in [0.5, 0.6) is 0 Å². The Balaban J connectivity index is 1.95. The van der Waals surface area contributed by atoms with Crippen LogP contribution in [0.25, 0.3) is 10.9 Å². The van der Waals surface area contributed by atoms with Gasteiger partial charge in [0.15, 0.2) is 0 Å². The van der Waals surface area contributed by atoms with Gasteiger partial charge in [-0.05, 0) is 6.07 Å². The fourth-order valence-corrected chi connectivity index (χ4v) is 1.77. The first-order valence-corrected chi connectivity index (χ1v) is 6.07. The van der Waals surface area contributed by atoms with Crippen LogP contribution < -0.4 is 15.5 Å². The third kappa shape index (κ3) is 3.01. The van der Waals surface area contributed by atoms with E-state index < -0.39 is 0 Å². The van der Waals surface area contributed by atoms with Gasteiger partial charge in [-0.15, -0.1) is 0 Å². The molecule has 1 heterocycles. The van der Waals surface area contributed by atoms with E-state index in [1.807, 2.05) is 24.3 Å². The molecule has 0 saturated carbocycles. The van der Waals surface area contributed by atoms with E-state index in [-0.39, 0.29) is 6.03 Å². The fraction of sp³-hybridized carbons (Fsp3) is 0.308. The lowest BCUT2D eigenvalue weighted by Gasteiger charge is -2.09. The van der Waals surface area contributed by atoms with Gasteiger partial charge < -0.3 is 20.5 Å². The zero-order chi connectivity index (χ0) is 13.0. The van der Waals surface area contributed by atoms with Crippen LogP contribution in [-0.4, -0.2) is 38.2 Å². The highest BCUT2D eigenvalue weighted by atomic mass is 16.2. The number of rotatable bonds is 4. The topological polar surface area (TPSA) is 61.4 Å². The van der Waals surface area contributed by atoms with Crippen LogP contribution in [0.15, 0.2) is 30.5 Å². The normalized spacial score (nSPS) is 10.8. The zero-order valence-corrected chi connectivity index (χ0v) is 10.7. The van der Waals surface area contributed by atoms with Gasteiger partial charge >= 0.3 is 6.03 Å². The molecule has 4 N–H and O–H groups in total. The first-order valence-electron chi connectivity index (χ1n) is 6.07. The summed E-state index contributed by atoms with van der Waals surface area (Å²) < 4.78 is 0. The minimum absolute atomic E-state index is 0.166. The van der Waals surface area contributed by atoms with Crippen molar-refractivity contribution in [1.82, 2.24) is 10.3 Å². The largest absolute Gasteiger partial charge is 0.359 e. The standard InChI is InChI=1S/C13H18N4O/c1-17(2)8-7-14-13(18)16-12-9-15-11-6-4-3-5-10(11)12/h3-6,9,15H,7-8H2,1-2H3,(H2,14,16,18)/p+1. The maximum atomic E-state index is 11.7. The molecule has 0 atom stereocenters. The lowest BCUT2D eigenvalue weighted by Crippen LogP contribution is -3.06. The van der Waals surface area contributed by atoms with Crippen LogP contribution in [0.1, 0.15) is 0 Å². The predicted octanol–water partition coefficient (Wildman–Crippen LogP) is 0.434. The number of fused-ring (bicyclic) bond motifs is 1. The second kappa shape index (κ2) is 5.55. The Labute approximate surface area is 106 Å². The van der Waals surface area contributed by atoms with E-state index in [1.165, 1.54) is 4.90 Å². The first-order chi connectivity index (χ1) is 8.66. The van der Waals surface area contributed by atoms with E-state index in [0.717, 1.165) is 23.1 Å². The molecule has 0 fully saturated rings. The molecule has 0 spiro atoms. The number of aromatic nitrogens is 1. The van der Waals surface area contributed by atoms with Crippen molar-refractivity contribution in [2.75, 3.05) is 32.5 Å². The average Bonchev–Trinajstić information content (AvgIpc) is 2.72. The number of urea groups is 1. The van der Waals surface area contributed by atoms with Gasteiger partial charge in [0.25, 0.3) is 0 Å². The second-order valence-corrected chi connectivity index (χ2v) is 4.59. The minimum atomic E-state index is -0.166. The number of nitrogens with one attached hydrogen (secondary N) is 4. The van der Waals surface area contributed by atoms with Crippen LogP contribution in [-0.2, 0) is 0 Å². The van der Waals surface area contributed by atoms with Crippen molar-refractivity contribution < 1.29 is 9.69 Å². The van der Waals surface area contributed by atoms with Crippen LogP contribution in [0, 0.1) is 0 Å². The van der Waals surface area contributed by atoms with Gasteiger partial charge in [-0.3, -0.25) is 0 Å². The minimum Gasteiger partial charge on any atom is -0.359 e. The Morgan fingerprint density at radius 3 is 2.89 bits per heavy atom. The van der Waals surface area contributed by atoms with Gasteiger partial charge in [0.2, 0.25) is 0 Å². The summed E-state index contributed by atoms with van der Waals surface area (Å²) >= 11 is 0. The van der Waals surface area contributed by atoms with Crippen molar-refractivity contribution in [3.63, 3.8) is 0 Å². The third-order valence-corrected chi connectivity index (χ3v) is 2.75. The molecule has 0 aliphatic heterocycles. The smallest absolute Gasteiger partial charge is 0.319 e. The number of benzene rings is 1. The van der Waals surface area contributed by atoms with E-state index in [1.54, 1.807) is 6.20 Å². The molecule has 0 aliphatic rings. The van der Waals surface area contributed by atoms with Gasteiger partial charge in [-0.2, -0.15) is 0 Å². The molecule has 0 bridgehead atoms. The molecule has 96 valence electrons. The maximum absolute atomic E-state index is 11.7. The highest BCUT2D eigenvalue weighted by Crippen LogP contribution is 2.21. The number of likely N-dealkylation sites (N-methyl/N-ethyl adjacent to an activating group) is 1. The quantitative estimate of drug-likeness (QED) is 0.622. The van der Waals surface area contributed by atoms with Crippen molar-refractivity contribution >= 4 is 22.6 Å². The van der Waals surface area contributed by atoms with E-state index >= 15 is 0 Å². The number of aromatic amines is 1. The number of amides is 2. The highest BCUT2D eigenvalue weighted by molar-refractivity contribution is 6.00. The van der Waals surface area contributed by atoms with Crippen molar-refractivity contribution in [3.8, 4) is 0 Å². The average molecular weight is 247 g/mol. The van der Waals surface area contributed by atoms with Crippen LogP contribution in [0.4, 0.5) is 10.5 Å². The monoisotopic (exact) mass is 247 g/mol. The number of hydrogen-bond donors (Lipinski definition) is 4. The van der Waals surface area contributed by atoms with Gasteiger partial charge in [-0.25, -0.2) is 4.79 Å². The molecule has 1 aromatic heterocycles. The molecule has 0 saturated heterocycles. The number of carbonyl (C=O) groups is 1. The number of anilines is 1. The van der Waals surface area contributed by atoms with Crippen LogP contribution >= 0.6 is 0 Å². The number of H-pyrrole nitrogens is 1. The molecule has 2 amide bonds. The van der Waals surface area contributed by atoms with Gasteiger partial charge in [0, 0.05) is 17.1 Å². The fourth-order valence-electron chi connectivity index (χ4n) is 1.77. The molecule has 0 unspecified atom stereocenters. The van der Waals surface area contributed by atoms with Gasteiger partial charge in [0.1, 0.15) is 0 Å². The number of quaternary nitrogens is 1. The molecule has 0 aliphatic carbocycles. The maximum Gasteiger partial charge on any atom is 0.319 e. The summed E-state index contributed by atoms with van der Waals surface area (Å²) in [6, 6.07) is 7.71. The molecular formula is C13H19N4O+. The van der Waals surface area contributed by atoms with Crippen molar-refractivity contribution in [2.45, 2.75) is 0 Å². The van der Waals surface area contributed by atoms with Crippen molar-refractivity contribution in [1.29, 1.82) is 0 Å². The number of para-hydroxylation sites is 1. The molecule has 2 rings (SSSR count). The summed E-state index contributed by atoms with van der Waals surface area (Å²) in [4.78, 5) is 16.1. The molecule has 1 aromatic carbocycles. The van der Waals surface area contributed by atoms with Crippen LogP contribution in [0.2, 0.25) is 0 Å². The van der Waals surface area contributed by atoms with Crippen molar-refractivity contribution in [3.05, 3.63) is 30.5 Å². The van der Waals surface area contributed by atoms with Crippen LogP contribution in [0.3, 0.4) is 0 Å². The summed E-state index contributed by atoms with van der Waals surface area (Å²) in [6.07, 6.45) is 1.81. The number of hydrogen-bond acceptors (Lipinski definition) is 1. The molecular weight excluding hydrogens is 228 g/mol. The zero-order valence-electron chi connectivity index (χ0n) is 10.7. The molecule has 2 aromatic rings. The predicted molar refractivity (Wildman–Crippen MR) is 73.0 cm³/mol. The van der Waals surface area contributed by atoms with Gasteiger partial charge in [-0.1, -0.05) is 18.2 Å². The van der Waals surface area contributed by atoms with E-state index in [0.29, 0.717) is 6.54 Å². The summed E-state index contributed by atoms with van der Waals surface area (Å²) in [5.41, 5.74) is 1.82. The summed E-state index contributed by atoms with van der Waals surface area (Å²) in [5.74, 6) is 0. The SMILES string of the molecule is C[NH+](C)CCNC(=O)Nc1c[nH]c2ccccc12. The van der Waals surface area contributed by atoms with E-state index in [4.69, 9.17) is 0 Å². The molecule has 5 nitrogen and oxygen atoms in total. The first kappa shape index (κ1) is 12.4. The Kier molecular flexibility index (Phi) is 3.84. The Bertz CT molecular complexity index is 533. The lowest BCUT2D eigenvalue weighted by molar-refractivity contribution is -0.856. The summed E-state index contributed by atoms with van der Waals surface area (Å²) in [5, 5.41) is 6.70. The second-order valence-electron chi connectivity index (χ2n) is 4.59. The lowest BCUT2D eigenvalue weighted by atomic mass is 10.2. The Morgan fingerprint density at radius 2 is 2.11 bits per heavy atom. The number of carbonyl (C=O) groups excluding carboxylic acids is 1. The third-order valence-electron chi connectivity index (χ3n) is 2.75. The molecule has 18 heavy (non-hydrogen) atoms. The van der Waals surface area contributed by atoms with E-state index in [9.17, 15) is 4.79 Å². The van der Waals surface area contributed by atoms with Crippen molar-refractivity contribution in [2.24, 2.45) is 0 Å². The molecule has 5 heteroatoms. The summed E-state index contributed by atoms with van der Waals surface area (Å²) in [6.45, 7) is 1.57.